The predicted octanol–water partition coefficient (Wildman–Crippen LogP) is 5.23. The average Bonchev–Trinajstić information content (AvgIpc) is 2.88. The number of benzene rings is 2. The minimum Gasteiger partial charge on any atom is -0.475 e. The molecule has 1 fully saturated rings. The molecule has 2 aliphatic rings. The highest BCUT2D eigenvalue weighted by atomic mass is 19.1. The first-order chi connectivity index (χ1) is 18.3. The van der Waals surface area contributed by atoms with E-state index >= 15 is 0 Å². The van der Waals surface area contributed by atoms with Gasteiger partial charge in [0.15, 0.2) is 0 Å². The molecule has 0 radical (unpaired) electrons. The Bertz CT molecular complexity index is 1360. The molecule has 1 aromatic heterocycles. The Morgan fingerprint density at radius 3 is 2.66 bits per heavy atom. The van der Waals surface area contributed by atoms with Gasteiger partial charge in [0.1, 0.15) is 11.6 Å². The van der Waals surface area contributed by atoms with Crippen molar-refractivity contribution in [3.05, 3.63) is 83.1 Å². The van der Waals surface area contributed by atoms with E-state index in [1.54, 1.807) is 24.5 Å². The van der Waals surface area contributed by atoms with Crippen LogP contribution in [0.2, 0.25) is 0 Å². The first-order valence-corrected chi connectivity index (χ1v) is 13.1. The zero-order valence-corrected chi connectivity index (χ0v) is 22.0. The number of anilines is 1. The number of ether oxygens (including phenoxy) is 1. The largest absolute Gasteiger partial charge is 0.475 e. The second-order valence-electron chi connectivity index (χ2n) is 10.6. The summed E-state index contributed by atoms with van der Waals surface area (Å²) in [6.45, 7) is 9.76. The molecular weight excluding hydrogens is 483 g/mol. The van der Waals surface area contributed by atoms with Gasteiger partial charge < -0.3 is 14.7 Å². The van der Waals surface area contributed by atoms with Crippen molar-refractivity contribution >= 4 is 11.9 Å². The predicted molar refractivity (Wildman–Crippen MR) is 145 cm³/mol. The summed E-state index contributed by atoms with van der Waals surface area (Å²) in [7, 11) is 0. The summed E-state index contributed by atoms with van der Waals surface area (Å²) in [6, 6.07) is 10.9. The molecule has 0 amide bonds. The molecule has 0 bridgehead atoms. The number of carboxylic acids is 1. The topological polar surface area (TPSA) is 78.8 Å². The van der Waals surface area contributed by atoms with Crippen molar-refractivity contribution in [2.45, 2.75) is 46.2 Å². The summed E-state index contributed by atoms with van der Waals surface area (Å²) < 4.78 is 19.4. The minimum absolute atomic E-state index is 0.0110. The lowest BCUT2D eigenvalue weighted by Crippen LogP contribution is -2.54. The summed E-state index contributed by atoms with van der Waals surface area (Å²) in [5.74, 6) is 0.514. The zero-order valence-electron chi connectivity index (χ0n) is 22.0. The Morgan fingerprint density at radius 1 is 1.16 bits per heavy atom. The van der Waals surface area contributed by atoms with E-state index < -0.39 is 5.97 Å². The molecule has 3 aromatic rings. The third-order valence-electron chi connectivity index (χ3n) is 7.18. The molecular formula is C30H33FN4O3. The van der Waals surface area contributed by atoms with Crippen LogP contribution < -0.4 is 9.64 Å². The fourth-order valence-electron chi connectivity index (χ4n) is 5.40. The fraction of sp³-hybridized carbons (Fsp3) is 0.367. The number of aliphatic carboxylic acids is 1. The number of aryl methyl sites for hydroxylation is 1. The molecule has 2 aromatic carbocycles. The molecule has 8 heteroatoms. The molecule has 0 unspecified atom stereocenters. The van der Waals surface area contributed by atoms with Crippen molar-refractivity contribution < 1.29 is 19.0 Å². The smallest absolute Gasteiger partial charge is 0.371 e. The third-order valence-corrected chi connectivity index (χ3v) is 7.18. The second-order valence-corrected chi connectivity index (χ2v) is 10.6. The number of allylic oxidation sites excluding steroid dienone is 1. The molecule has 198 valence electrons. The van der Waals surface area contributed by atoms with E-state index in [0.29, 0.717) is 24.0 Å². The van der Waals surface area contributed by atoms with Crippen molar-refractivity contribution in [1.29, 1.82) is 0 Å². The molecule has 5 rings (SSSR count). The summed E-state index contributed by atoms with van der Waals surface area (Å²) in [6.07, 6.45) is 6.73. The van der Waals surface area contributed by atoms with E-state index in [4.69, 9.17) is 4.74 Å². The Kier molecular flexibility index (Phi) is 7.42. The lowest BCUT2D eigenvalue weighted by Gasteiger charge is -2.42. The fourth-order valence-corrected chi connectivity index (χ4v) is 5.40. The van der Waals surface area contributed by atoms with Crippen LogP contribution in [0, 0.1) is 18.7 Å². The van der Waals surface area contributed by atoms with Gasteiger partial charge in [0.2, 0.25) is 11.7 Å². The lowest BCUT2D eigenvalue weighted by atomic mass is 9.97. The van der Waals surface area contributed by atoms with Crippen LogP contribution in [0.15, 0.2) is 60.6 Å². The maximum absolute atomic E-state index is 13.7. The number of aromatic nitrogens is 2. The molecule has 3 heterocycles. The molecule has 1 saturated heterocycles. The van der Waals surface area contributed by atoms with Gasteiger partial charge in [-0.05, 0) is 66.6 Å². The molecule has 2 aliphatic heterocycles. The van der Waals surface area contributed by atoms with Gasteiger partial charge in [-0.15, -0.1) is 0 Å². The Labute approximate surface area is 222 Å². The highest BCUT2D eigenvalue weighted by molar-refractivity contribution is 5.85. The third kappa shape index (κ3) is 5.70. The van der Waals surface area contributed by atoms with Gasteiger partial charge in [-0.25, -0.2) is 19.2 Å². The van der Waals surface area contributed by atoms with Gasteiger partial charge in [-0.3, -0.25) is 4.90 Å². The summed E-state index contributed by atoms with van der Waals surface area (Å²) in [5, 5.41) is 9.34. The maximum Gasteiger partial charge on any atom is 0.371 e. The molecule has 0 aliphatic carbocycles. The number of piperazine rings is 1. The average molecular weight is 517 g/mol. The number of halogens is 1. The van der Waals surface area contributed by atoms with Crippen LogP contribution >= 0.6 is 0 Å². The second kappa shape index (κ2) is 10.9. The van der Waals surface area contributed by atoms with Crippen LogP contribution in [0.4, 0.5) is 10.3 Å². The van der Waals surface area contributed by atoms with Crippen LogP contribution in [0.3, 0.4) is 0 Å². The Morgan fingerprint density at radius 2 is 1.95 bits per heavy atom. The monoisotopic (exact) mass is 516 g/mol. The van der Waals surface area contributed by atoms with E-state index in [1.807, 2.05) is 12.1 Å². The quantitative estimate of drug-likeness (QED) is 0.461. The standard InChI is InChI=1S/C30H33FN4O3/c1-19(2)11-25-18-34(17-21-12-20(3)26-7-8-27(29(36)37)38-28(26)13-21)9-10-35(25)30-32-15-23(16-33-30)22-5-4-6-24(31)14-22/h4-6,8,12-16,19,25H,7,9-11,17-18H2,1-3H3,(H,36,37)/t25-/m1/s1. The highest BCUT2D eigenvalue weighted by Gasteiger charge is 2.30. The van der Waals surface area contributed by atoms with Crippen molar-refractivity contribution in [2.24, 2.45) is 5.92 Å². The Balaban J connectivity index is 1.31. The number of rotatable bonds is 7. The van der Waals surface area contributed by atoms with Crippen LogP contribution in [-0.2, 0) is 17.8 Å². The molecule has 1 atom stereocenters. The van der Waals surface area contributed by atoms with E-state index in [2.05, 4.69) is 46.6 Å². The van der Waals surface area contributed by atoms with Gasteiger partial charge in [0.05, 0.1) is 0 Å². The lowest BCUT2D eigenvalue weighted by molar-refractivity contribution is -0.135. The molecule has 1 N–H and O–H groups in total. The van der Waals surface area contributed by atoms with E-state index in [-0.39, 0.29) is 17.6 Å². The number of carbonyl (C=O) groups is 1. The number of fused-ring (bicyclic) bond motifs is 1. The molecule has 7 nitrogen and oxygen atoms in total. The van der Waals surface area contributed by atoms with E-state index in [9.17, 15) is 14.3 Å². The maximum atomic E-state index is 13.7. The van der Waals surface area contributed by atoms with Crippen LogP contribution in [-0.4, -0.2) is 51.6 Å². The normalized spacial score (nSPS) is 17.7. The molecule has 0 spiro atoms. The number of hydrogen-bond acceptors (Lipinski definition) is 6. The van der Waals surface area contributed by atoms with E-state index in [1.165, 1.54) is 12.1 Å². The SMILES string of the molecule is Cc1cc(CN2CCN(c3ncc(-c4cccc(F)c4)cn3)[C@H](CC(C)C)C2)cc2c1CC=C(C(=O)O)O2. The van der Waals surface area contributed by atoms with Gasteiger partial charge in [-0.1, -0.05) is 32.0 Å². The number of hydrogen-bond donors (Lipinski definition) is 1. The summed E-state index contributed by atoms with van der Waals surface area (Å²) >= 11 is 0. The zero-order chi connectivity index (χ0) is 26.8. The molecule has 0 saturated carbocycles. The van der Waals surface area contributed by atoms with Crippen LogP contribution in [0.25, 0.3) is 11.1 Å². The van der Waals surface area contributed by atoms with E-state index in [0.717, 1.165) is 60.4 Å². The van der Waals surface area contributed by atoms with Crippen LogP contribution in [0.1, 0.15) is 37.0 Å². The number of nitrogens with zero attached hydrogens (tertiary/aromatic N) is 4. The van der Waals surface area contributed by atoms with Crippen molar-refractivity contribution in [1.82, 2.24) is 14.9 Å². The van der Waals surface area contributed by atoms with Crippen molar-refractivity contribution in [3.63, 3.8) is 0 Å². The van der Waals surface area contributed by atoms with Gasteiger partial charge in [0, 0.05) is 55.7 Å². The highest BCUT2D eigenvalue weighted by Crippen LogP contribution is 2.32. The first-order valence-electron chi connectivity index (χ1n) is 13.1. The van der Waals surface area contributed by atoms with Crippen molar-refractivity contribution in [2.75, 3.05) is 24.5 Å². The van der Waals surface area contributed by atoms with Gasteiger partial charge in [0.25, 0.3) is 0 Å². The summed E-state index contributed by atoms with van der Waals surface area (Å²) in [5.41, 5.74) is 4.82. The Hall–Kier alpha value is -3.78. The van der Waals surface area contributed by atoms with Gasteiger partial charge >= 0.3 is 5.97 Å². The summed E-state index contributed by atoms with van der Waals surface area (Å²) in [4.78, 5) is 25.4. The molecule has 38 heavy (non-hydrogen) atoms. The number of carboxylic acid groups (broad SMARTS) is 1. The first kappa shape index (κ1) is 25.9. The van der Waals surface area contributed by atoms with Crippen LogP contribution in [0.5, 0.6) is 5.75 Å². The minimum atomic E-state index is -1.04. The van der Waals surface area contributed by atoms with Crippen molar-refractivity contribution in [3.8, 4) is 16.9 Å². The van der Waals surface area contributed by atoms with Gasteiger partial charge in [-0.2, -0.15) is 0 Å².